The second-order valence-corrected chi connectivity index (χ2v) is 5.27. The van der Waals surface area contributed by atoms with Crippen LogP contribution < -0.4 is 4.74 Å². The fourth-order valence-electron chi connectivity index (χ4n) is 2.37. The van der Waals surface area contributed by atoms with Crippen molar-refractivity contribution in [1.82, 2.24) is 9.80 Å². The number of carbonyl (C=O) groups is 1. The molecule has 1 heterocycles. The van der Waals surface area contributed by atoms with Crippen molar-refractivity contribution in [3.05, 3.63) is 29.8 Å². The maximum absolute atomic E-state index is 11.8. The molecule has 0 radical (unpaired) electrons. The van der Waals surface area contributed by atoms with Gasteiger partial charge < -0.3 is 9.64 Å². The molecule has 0 aliphatic carbocycles. The Balaban J connectivity index is 0.00000220. The Labute approximate surface area is 133 Å². The van der Waals surface area contributed by atoms with E-state index in [9.17, 15) is 4.79 Å². The van der Waals surface area contributed by atoms with Gasteiger partial charge in [-0.25, -0.2) is 0 Å². The van der Waals surface area contributed by atoms with Gasteiger partial charge in [0.25, 0.3) is 0 Å². The summed E-state index contributed by atoms with van der Waals surface area (Å²) in [5, 5.41) is 0. The summed E-state index contributed by atoms with van der Waals surface area (Å²) in [5.41, 5.74) is 0.702. The normalized spacial score (nSPS) is 16.3. The quantitative estimate of drug-likeness (QED) is 0.755. The van der Waals surface area contributed by atoms with E-state index >= 15 is 0 Å². The van der Waals surface area contributed by atoms with E-state index in [4.69, 9.17) is 4.74 Å². The van der Waals surface area contributed by atoms with Crippen LogP contribution in [0.1, 0.15) is 23.7 Å². The van der Waals surface area contributed by atoms with Crippen LogP contribution in [0.25, 0.3) is 0 Å². The van der Waals surface area contributed by atoms with Crippen LogP contribution in [0.2, 0.25) is 0 Å². The molecule has 0 aromatic heterocycles. The van der Waals surface area contributed by atoms with E-state index in [1.165, 1.54) is 0 Å². The number of hydrogen-bond donors (Lipinski definition) is 0. The zero-order chi connectivity index (χ0) is 14.4. The van der Waals surface area contributed by atoms with Gasteiger partial charge in [-0.05, 0) is 19.2 Å². The molecular weight excluding hydrogens is 288 g/mol. The monoisotopic (exact) mass is 312 g/mol. The lowest BCUT2D eigenvalue weighted by molar-refractivity contribution is 0.0981. The molecular formula is C16H25ClN2O2. The third-order valence-electron chi connectivity index (χ3n) is 3.77. The van der Waals surface area contributed by atoms with Crippen molar-refractivity contribution in [1.29, 1.82) is 0 Å². The van der Waals surface area contributed by atoms with Gasteiger partial charge in [0.1, 0.15) is 12.4 Å². The van der Waals surface area contributed by atoms with E-state index in [2.05, 4.69) is 16.8 Å². The van der Waals surface area contributed by atoms with E-state index in [0.717, 1.165) is 32.7 Å². The molecule has 4 nitrogen and oxygen atoms in total. The average Bonchev–Trinajstić information content (AvgIpc) is 2.49. The summed E-state index contributed by atoms with van der Waals surface area (Å²) in [5.74, 6) is 0.855. The Bertz CT molecular complexity index is 446. The van der Waals surface area contributed by atoms with Crippen molar-refractivity contribution < 1.29 is 9.53 Å². The van der Waals surface area contributed by atoms with Gasteiger partial charge in [0, 0.05) is 39.1 Å². The maximum atomic E-state index is 11.8. The van der Waals surface area contributed by atoms with Crippen LogP contribution in [0.5, 0.6) is 5.75 Å². The highest BCUT2D eigenvalue weighted by Crippen LogP contribution is 2.19. The first-order chi connectivity index (χ1) is 9.70. The summed E-state index contributed by atoms with van der Waals surface area (Å²) in [6.07, 6.45) is 0.513. The van der Waals surface area contributed by atoms with Gasteiger partial charge in [0.2, 0.25) is 0 Å². The van der Waals surface area contributed by atoms with E-state index < -0.39 is 0 Å². The van der Waals surface area contributed by atoms with Gasteiger partial charge in [0.15, 0.2) is 5.78 Å². The molecule has 0 bridgehead atoms. The van der Waals surface area contributed by atoms with Crippen LogP contribution in [-0.4, -0.2) is 62.0 Å². The molecule has 2 rings (SSSR count). The number of carbonyl (C=O) groups excluding carboxylic acids is 1. The minimum absolute atomic E-state index is 0. The smallest absolute Gasteiger partial charge is 0.166 e. The third-order valence-corrected chi connectivity index (χ3v) is 3.77. The lowest BCUT2D eigenvalue weighted by Crippen LogP contribution is -2.45. The minimum atomic E-state index is 0. The molecule has 0 unspecified atom stereocenters. The number of benzene rings is 1. The first-order valence-corrected chi connectivity index (χ1v) is 7.36. The predicted molar refractivity (Wildman–Crippen MR) is 87.7 cm³/mol. The SMILES string of the molecule is CCC(=O)c1ccccc1OCCN1CCN(C)CC1.Cl. The summed E-state index contributed by atoms with van der Waals surface area (Å²) in [4.78, 5) is 16.6. The number of piperazine rings is 1. The fraction of sp³-hybridized carbons (Fsp3) is 0.562. The number of ketones is 1. The number of ether oxygens (including phenoxy) is 1. The van der Waals surface area contributed by atoms with Crippen molar-refractivity contribution >= 4 is 18.2 Å². The van der Waals surface area contributed by atoms with Crippen molar-refractivity contribution in [2.75, 3.05) is 46.4 Å². The predicted octanol–water partition coefficient (Wildman–Crippen LogP) is 2.33. The van der Waals surface area contributed by atoms with E-state index in [0.29, 0.717) is 24.3 Å². The van der Waals surface area contributed by atoms with Crippen molar-refractivity contribution in [3.8, 4) is 5.75 Å². The second kappa shape index (κ2) is 9.03. The average molecular weight is 313 g/mol. The van der Waals surface area contributed by atoms with E-state index in [1.54, 1.807) is 0 Å². The zero-order valence-corrected chi connectivity index (χ0v) is 13.7. The van der Waals surface area contributed by atoms with Gasteiger partial charge in [-0.3, -0.25) is 9.69 Å². The highest BCUT2D eigenvalue weighted by atomic mass is 35.5. The number of rotatable bonds is 6. The van der Waals surface area contributed by atoms with Crippen LogP contribution in [-0.2, 0) is 0 Å². The van der Waals surface area contributed by atoms with Gasteiger partial charge >= 0.3 is 0 Å². The molecule has 0 amide bonds. The van der Waals surface area contributed by atoms with Crippen molar-refractivity contribution in [3.63, 3.8) is 0 Å². The van der Waals surface area contributed by atoms with Gasteiger partial charge in [-0.15, -0.1) is 12.4 Å². The number of para-hydroxylation sites is 1. The highest BCUT2D eigenvalue weighted by Gasteiger charge is 2.14. The number of likely N-dealkylation sites (N-methyl/N-ethyl adjacent to an activating group) is 1. The maximum Gasteiger partial charge on any atom is 0.166 e. The zero-order valence-electron chi connectivity index (χ0n) is 12.9. The number of nitrogens with zero attached hydrogens (tertiary/aromatic N) is 2. The molecule has 1 aliphatic rings. The lowest BCUT2D eigenvalue weighted by Gasteiger charge is -2.32. The molecule has 1 fully saturated rings. The number of halogens is 1. The first kappa shape index (κ1) is 18.0. The Kier molecular flexibility index (Phi) is 7.72. The minimum Gasteiger partial charge on any atom is -0.491 e. The number of Topliss-reactive ketones (excluding diaryl/α,β-unsaturated/α-hetero) is 1. The lowest BCUT2D eigenvalue weighted by atomic mass is 10.1. The van der Waals surface area contributed by atoms with Gasteiger partial charge in [-0.1, -0.05) is 19.1 Å². The molecule has 21 heavy (non-hydrogen) atoms. The van der Waals surface area contributed by atoms with Crippen molar-refractivity contribution in [2.24, 2.45) is 0 Å². The largest absolute Gasteiger partial charge is 0.491 e. The standard InChI is InChI=1S/C16H24N2O2.ClH/c1-3-15(19)14-6-4-5-7-16(14)20-13-12-18-10-8-17(2)9-11-18;/h4-7H,3,8-13H2,1-2H3;1H. The van der Waals surface area contributed by atoms with Gasteiger partial charge in [-0.2, -0.15) is 0 Å². The van der Waals surface area contributed by atoms with E-state index in [1.807, 2.05) is 31.2 Å². The topological polar surface area (TPSA) is 32.8 Å². The van der Waals surface area contributed by atoms with Crippen LogP contribution in [0.15, 0.2) is 24.3 Å². The molecule has 5 heteroatoms. The van der Waals surface area contributed by atoms with Crippen LogP contribution in [0, 0.1) is 0 Å². The Morgan fingerprint density at radius 2 is 1.86 bits per heavy atom. The Morgan fingerprint density at radius 1 is 1.19 bits per heavy atom. The molecule has 1 aliphatic heterocycles. The molecule has 0 atom stereocenters. The van der Waals surface area contributed by atoms with Gasteiger partial charge in [0.05, 0.1) is 5.56 Å². The van der Waals surface area contributed by atoms with Crippen LogP contribution >= 0.6 is 12.4 Å². The summed E-state index contributed by atoms with van der Waals surface area (Å²) < 4.78 is 5.81. The first-order valence-electron chi connectivity index (χ1n) is 7.36. The molecule has 0 saturated carbocycles. The Hall–Kier alpha value is -1.10. The molecule has 1 aromatic rings. The van der Waals surface area contributed by atoms with E-state index in [-0.39, 0.29) is 18.2 Å². The summed E-state index contributed by atoms with van der Waals surface area (Å²) >= 11 is 0. The molecule has 118 valence electrons. The molecule has 1 aromatic carbocycles. The summed E-state index contributed by atoms with van der Waals surface area (Å²) in [6, 6.07) is 7.53. The van der Waals surface area contributed by atoms with Crippen LogP contribution in [0.4, 0.5) is 0 Å². The summed E-state index contributed by atoms with van der Waals surface area (Å²) in [6.45, 7) is 7.85. The third kappa shape index (κ3) is 5.30. The molecule has 1 saturated heterocycles. The molecule has 0 spiro atoms. The van der Waals surface area contributed by atoms with Crippen LogP contribution in [0.3, 0.4) is 0 Å². The highest BCUT2D eigenvalue weighted by molar-refractivity contribution is 5.98. The Morgan fingerprint density at radius 3 is 2.52 bits per heavy atom. The second-order valence-electron chi connectivity index (χ2n) is 5.27. The number of hydrogen-bond acceptors (Lipinski definition) is 4. The fourth-order valence-corrected chi connectivity index (χ4v) is 2.37. The van der Waals surface area contributed by atoms with Crippen molar-refractivity contribution in [2.45, 2.75) is 13.3 Å². The summed E-state index contributed by atoms with van der Waals surface area (Å²) in [7, 11) is 2.15. The molecule has 0 N–H and O–H groups in total.